The van der Waals surface area contributed by atoms with E-state index in [0.29, 0.717) is 11.6 Å². The number of rotatable bonds is 2. The monoisotopic (exact) mass is 192 g/mol. The van der Waals surface area contributed by atoms with E-state index >= 15 is 0 Å². The Morgan fingerprint density at radius 1 is 1.36 bits per heavy atom. The Kier molecular flexibility index (Phi) is 2.96. The van der Waals surface area contributed by atoms with Crippen molar-refractivity contribution in [3.63, 3.8) is 0 Å². The standard InChI is InChI=1S/C11H16N2O/c14-11-10(12-6-7-13-11)8-9-4-2-1-3-5-9/h6-7,9H,1-5,8H2,(H,13,14). The van der Waals surface area contributed by atoms with Gasteiger partial charge in [0.25, 0.3) is 5.56 Å². The van der Waals surface area contributed by atoms with E-state index < -0.39 is 0 Å². The molecule has 1 fully saturated rings. The Hall–Kier alpha value is -1.12. The number of nitrogens with one attached hydrogen (secondary N) is 1. The van der Waals surface area contributed by atoms with Crippen molar-refractivity contribution in [2.75, 3.05) is 0 Å². The van der Waals surface area contributed by atoms with Crippen molar-refractivity contribution < 1.29 is 0 Å². The molecule has 1 N–H and O–H groups in total. The summed E-state index contributed by atoms with van der Waals surface area (Å²) in [4.78, 5) is 18.2. The Balaban J connectivity index is 2.03. The molecule has 1 aliphatic rings. The molecule has 0 aromatic carbocycles. The summed E-state index contributed by atoms with van der Waals surface area (Å²) in [6, 6.07) is 0. The van der Waals surface area contributed by atoms with Gasteiger partial charge in [0.05, 0.1) is 0 Å². The summed E-state index contributed by atoms with van der Waals surface area (Å²) in [5.74, 6) is 0.680. The van der Waals surface area contributed by atoms with Gasteiger partial charge in [-0.1, -0.05) is 32.1 Å². The van der Waals surface area contributed by atoms with Crippen LogP contribution in [0, 0.1) is 5.92 Å². The summed E-state index contributed by atoms with van der Waals surface area (Å²) in [6.07, 6.45) is 10.6. The third-order valence-corrected chi connectivity index (χ3v) is 2.99. The third kappa shape index (κ3) is 2.22. The molecule has 0 amide bonds. The van der Waals surface area contributed by atoms with Crippen LogP contribution in [0.4, 0.5) is 0 Å². The third-order valence-electron chi connectivity index (χ3n) is 2.99. The maximum Gasteiger partial charge on any atom is 0.269 e. The topological polar surface area (TPSA) is 45.8 Å². The molecule has 1 saturated carbocycles. The molecule has 0 radical (unpaired) electrons. The van der Waals surface area contributed by atoms with Crippen molar-refractivity contribution in [1.29, 1.82) is 0 Å². The Morgan fingerprint density at radius 2 is 2.14 bits per heavy atom. The van der Waals surface area contributed by atoms with Gasteiger partial charge in [-0.05, 0) is 12.3 Å². The van der Waals surface area contributed by atoms with Crippen molar-refractivity contribution in [1.82, 2.24) is 9.97 Å². The largest absolute Gasteiger partial charge is 0.326 e. The first-order chi connectivity index (χ1) is 6.86. The molecule has 0 aliphatic heterocycles. The summed E-state index contributed by atoms with van der Waals surface area (Å²) in [5.41, 5.74) is 0.692. The fraction of sp³-hybridized carbons (Fsp3) is 0.636. The molecule has 14 heavy (non-hydrogen) atoms. The van der Waals surface area contributed by atoms with Crippen molar-refractivity contribution in [2.45, 2.75) is 38.5 Å². The molecule has 76 valence electrons. The van der Waals surface area contributed by atoms with Gasteiger partial charge in [-0.2, -0.15) is 0 Å². The van der Waals surface area contributed by atoms with Crippen LogP contribution < -0.4 is 5.56 Å². The van der Waals surface area contributed by atoms with E-state index in [9.17, 15) is 4.79 Å². The summed E-state index contributed by atoms with van der Waals surface area (Å²) < 4.78 is 0. The molecule has 3 heteroatoms. The average Bonchev–Trinajstić information content (AvgIpc) is 2.23. The van der Waals surface area contributed by atoms with E-state index in [1.807, 2.05) is 0 Å². The zero-order valence-corrected chi connectivity index (χ0v) is 8.33. The molecule has 2 rings (SSSR count). The van der Waals surface area contributed by atoms with Gasteiger partial charge in [-0.25, -0.2) is 0 Å². The van der Waals surface area contributed by atoms with Crippen LogP contribution in [-0.2, 0) is 6.42 Å². The Morgan fingerprint density at radius 3 is 2.86 bits per heavy atom. The minimum atomic E-state index is -0.0157. The van der Waals surface area contributed by atoms with E-state index in [2.05, 4.69) is 9.97 Å². The van der Waals surface area contributed by atoms with Crippen LogP contribution in [0.2, 0.25) is 0 Å². The van der Waals surface area contributed by atoms with Gasteiger partial charge in [0, 0.05) is 12.4 Å². The van der Waals surface area contributed by atoms with E-state index in [1.165, 1.54) is 32.1 Å². The van der Waals surface area contributed by atoms with E-state index in [0.717, 1.165) is 6.42 Å². The average molecular weight is 192 g/mol. The molecule has 1 aliphatic carbocycles. The van der Waals surface area contributed by atoms with Crippen molar-refractivity contribution in [3.8, 4) is 0 Å². The molecular formula is C11H16N2O. The molecular weight excluding hydrogens is 176 g/mol. The highest BCUT2D eigenvalue weighted by molar-refractivity contribution is 4.97. The molecule has 0 unspecified atom stereocenters. The van der Waals surface area contributed by atoms with Gasteiger partial charge in [0.15, 0.2) is 0 Å². The predicted molar refractivity (Wildman–Crippen MR) is 55.1 cm³/mol. The zero-order valence-electron chi connectivity index (χ0n) is 8.33. The fourth-order valence-electron chi connectivity index (χ4n) is 2.19. The highest BCUT2D eigenvalue weighted by Crippen LogP contribution is 2.25. The first-order valence-corrected chi connectivity index (χ1v) is 5.39. The van der Waals surface area contributed by atoms with Gasteiger partial charge in [0.2, 0.25) is 0 Å². The lowest BCUT2D eigenvalue weighted by molar-refractivity contribution is 0.353. The second-order valence-corrected chi connectivity index (χ2v) is 4.07. The van der Waals surface area contributed by atoms with Gasteiger partial charge >= 0.3 is 0 Å². The number of hydrogen-bond donors (Lipinski definition) is 1. The van der Waals surface area contributed by atoms with Gasteiger partial charge in [0.1, 0.15) is 5.69 Å². The number of H-pyrrole nitrogens is 1. The van der Waals surface area contributed by atoms with E-state index in [-0.39, 0.29) is 5.56 Å². The van der Waals surface area contributed by atoms with Crippen LogP contribution in [0.15, 0.2) is 17.2 Å². The normalized spacial score (nSPS) is 18.3. The van der Waals surface area contributed by atoms with E-state index in [4.69, 9.17) is 0 Å². The minimum Gasteiger partial charge on any atom is -0.326 e. The lowest BCUT2D eigenvalue weighted by Crippen LogP contribution is -2.19. The van der Waals surface area contributed by atoms with Crippen LogP contribution in [-0.4, -0.2) is 9.97 Å². The Bertz CT molecular complexity index is 339. The van der Waals surface area contributed by atoms with Gasteiger partial charge in [-0.3, -0.25) is 9.78 Å². The lowest BCUT2D eigenvalue weighted by atomic mass is 9.86. The van der Waals surface area contributed by atoms with E-state index in [1.54, 1.807) is 12.4 Å². The first-order valence-electron chi connectivity index (χ1n) is 5.39. The van der Waals surface area contributed by atoms with Crippen molar-refractivity contribution in [2.24, 2.45) is 5.92 Å². The molecule has 0 bridgehead atoms. The minimum absolute atomic E-state index is 0.0157. The number of aromatic nitrogens is 2. The second-order valence-electron chi connectivity index (χ2n) is 4.07. The molecule has 0 saturated heterocycles. The zero-order chi connectivity index (χ0) is 9.80. The van der Waals surface area contributed by atoms with Gasteiger partial charge in [-0.15, -0.1) is 0 Å². The molecule has 0 spiro atoms. The molecule has 1 aromatic rings. The molecule has 3 nitrogen and oxygen atoms in total. The summed E-state index contributed by atoms with van der Waals surface area (Å²) in [6.45, 7) is 0. The van der Waals surface area contributed by atoms with Crippen LogP contribution in [0.3, 0.4) is 0 Å². The molecule has 0 atom stereocenters. The van der Waals surface area contributed by atoms with Gasteiger partial charge < -0.3 is 4.98 Å². The molecule has 1 aromatic heterocycles. The number of aromatic amines is 1. The fourth-order valence-corrected chi connectivity index (χ4v) is 2.19. The highest BCUT2D eigenvalue weighted by atomic mass is 16.1. The quantitative estimate of drug-likeness (QED) is 0.777. The number of hydrogen-bond acceptors (Lipinski definition) is 2. The van der Waals surface area contributed by atoms with Crippen LogP contribution in [0.5, 0.6) is 0 Å². The van der Waals surface area contributed by atoms with Crippen LogP contribution in [0.1, 0.15) is 37.8 Å². The predicted octanol–water partition coefficient (Wildman–Crippen LogP) is 1.89. The van der Waals surface area contributed by atoms with Crippen molar-refractivity contribution in [3.05, 3.63) is 28.4 Å². The summed E-state index contributed by atoms with van der Waals surface area (Å²) in [5, 5.41) is 0. The lowest BCUT2D eigenvalue weighted by Gasteiger charge is -2.20. The Labute approximate surface area is 83.6 Å². The SMILES string of the molecule is O=c1[nH]ccnc1CC1CCCCC1. The van der Waals surface area contributed by atoms with Crippen LogP contribution in [0.25, 0.3) is 0 Å². The maximum atomic E-state index is 11.4. The second kappa shape index (κ2) is 4.40. The van der Waals surface area contributed by atoms with Crippen molar-refractivity contribution >= 4 is 0 Å². The first kappa shape index (κ1) is 9.44. The summed E-state index contributed by atoms with van der Waals surface area (Å²) in [7, 11) is 0. The summed E-state index contributed by atoms with van der Waals surface area (Å²) >= 11 is 0. The van der Waals surface area contributed by atoms with Crippen LogP contribution >= 0.6 is 0 Å². The highest BCUT2D eigenvalue weighted by Gasteiger charge is 2.15. The smallest absolute Gasteiger partial charge is 0.269 e. The maximum absolute atomic E-state index is 11.4. The molecule has 1 heterocycles. The number of nitrogens with zero attached hydrogens (tertiary/aromatic N) is 1.